The Labute approximate surface area is 196 Å². The average molecular weight is 466 g/mol. The van der Waals surface area contributed by atoms with Crippen molar-refractivity contribution in [3.63, 3.8) is 0 Å². The Balaban J connectivity index is 1.29. The Morgan fingerprint density at radius 2 is 1.94 bits per heavy atom. The fourth-order valence-corrected chi connectivity index (χ4v) is 7.39. The standard InChI is InChI=1S/C25H27N3O4S/c1-31-25(30)22-21(27-23(29)17-4-5-32-13-17)20-3-2-18(26-24(20)33-22)12-28-11-16-7-14-6-15(8-16)10-19(28)9-14/h2-5,13-16,19H,6-12H2,1H3,(H,27,29). The number of nitrogens with one attached hydrogen (secondary N) is 1. The van der Waals surface area contributed by atoms with Crippen molar-refractivity contribution < 1.29 is 18.7 Å². The fourth-order valence-electron chi connectivity index (χ4n) is 6.33. The number of aromatic nitrogens is 1. The largest absolute Gasteiger partial charge is 0.472 e. The van der Waals surface area contributed by atoms with Crippen LogP contribution in [-0.4, -0.2) is 41.5 Å². The summed E-state index contributed by atoms with van der Waals surface area (Å²) in [5.41, 5.74) is 1.84. The number of carbonyl (C=O) groups is 2. The van der Waals surface area contributed by atoms with Crippen LogP contribution in [0.4, 0.5) is 5.69 Å². The van der Waals surface area contributed by atoms with Crippen LogP contribution in [0.25, 0.3) is 10.2 Å². The van der Waals surface area contributed by atoms with E-state index in [-0.39, 0.29) is 5.91 Å². The van der Waals surface area contributed by atoms with Crippen molar-refractivity contribution >= 4 is 39.1 Å². The van der Waals surface area contributed by atoms with Gasteiger partial charge in [-0.3, -0.25) is 9.69 Å². The maximum absolute atomic E-state index is 12.6. The van der Waals surface area contributed by atoms with Gasteiger partial charge in [0.15, 0.2) is 0 Å². The molecule has 3 aromatic rings. The monoisotopic (exact) mass is 465 g/mol. The SMILES string of the molecule is COC(=O)c1sc2nc(CN3CC4CC5CC(C4)CC3C5)ccc2c1NC(=O)c1ccoc1. The average Bonchev–Trinajstić information content (AvgIpc) is 3.42. The second-order valence-corrected chi connectivity index (χ2v) is 10.8. The number of rotatable bonds is 5. The molecule has 7 nitrogen and oxygen atoms in total. The highest BCUT2D eigenvalue weighted by Gasteiger charge is 2.42. The number of amides is 1. The van der Waals surface area contributed by atoms with Gasteiger partial charge < -0.3 is 14.5 Å². The molecule has 2 unspecified atom stereocenters. The molecule has 5 heterocycles. The number of methoxy groups -OCH3 is 1. The molecule has 172 valence electrons. The first-order chi connectivity index (χ1) is 16.1. The predicted molar refractivity (Wildman–Crippen MR) is 125 cm³/mol. The molecule has 8 heteroatoms. The zero-order valence-corrected chi connectivity index (χ0v) is 19.4. The van der Waals surface area contributed by atoms with Gasteiger partial charge in [-0.2, -0.15) is 0 Å². The van der Waals surface area contributed by atoms with Crippen molar-refractivity contribution in [2.45, 2.75) is 44.7 Å². The Morgan fingerprint density at radius 1 is 1.15 bits per heavy atom. The Bertz CT molecular complexity index is 1190. The summed E-state index contributed by atoms with van der Waals surface area (Å²) < 4.78 is 9.98. The maximum Gasteiger partial charge on any atom is 0.350 e. The number of thiophene rings is 1. The number of pyridine rings is 1. The third-order valence-electron chi connectivity index (χ3n) is 7.59. The molecular formula is C25H27N3O4S. The third-order valence-corrected chi connectivity index (χ3v) is 8.67. The van der Waals surface area contributed by atoms with Gasteiger partial charge in [0, 0.05) is 24.5 Å². The number of hydrogen-bond donors (Lipinski definition) is 1. The number of ether oxygens (including phenoxy) is 1. The molecule has 1 amide bonds. The zero-order chi connectivity index (χ0) is 22.5. The van der Waals surface area contributed by atoms with Crippen LogP contribution < -0.4 is 5.32 Å². The first-order valence-corrected chi connectivity index (χ1v) is 12.5. The van der Waals surface area contributed by atoms with Crippen molar-refractivity contribution in [1.29, 1.82) is 0 Å². The normalized spacial score (nSPS) is 26.5. The molecule has 33 heavy (non-hydrogen) atoms. The minimum Gasteiger partial charge on any atom is -0.472 e. The lowest BCUT2D eigenvalue weighted by Gasteiger charge is -2.39. The van der Waals surface area contributed by atoms with Crippen molar-refractivity contribution in [2.24, 2.45) is 17.8 Å². The van der Waals surface area contributed by atoms with Gasteiger partial charge in [-0.15, -0.1) is 11.3 Å². The molecular weight excluding hydrogens is 438 g/mol. The molecule has 4 bridgehead atoms. The van der Waals surface area contributed by atoms with Crippen LogP contribution in [0.15, 0.2) is 35.1 Å². The van der Waals surface area contributed by atoms with Crippen LogP contribution in [0.3, 0.4) is 0 Å². The molecule has 0 aromatic carbocycles. The molecule has 0 radical (unpaired) electrons. The van der Waals surface area contributed by atoms with Crippen molar-refractivity contribution in [3.05, 3.63) is 46.9 Å². The number of nitrogens with zero attached hydrogens (tertiary/aromatic N) is 2. The Kier molecular flexibility index (Phi) is 5.22. The van der Waals surface area contributed by atoms with Gasteiger partial charge in [-0.25, -0.2) is 9.78 Å². The molecule has 4 aliphatic rings. The number of carbonyl (C=O) groups excluding carboxylic acids is 2. The molecule has 2 aliphatic heterocycles. The zero-order valence-electron chi connectivity index (χ0n) is 18.6. The number of esters is 1. The lowest BCUT2D eigenvalue weighted by atomic mass is 9.68. The second-order valence-electron chi connectivity index (χ2n) is 9.78. The minimum atomic E-state index is -0.484. The van der Waals surface area contributed by atoms with Crippen LogP contribution in [0.2, 0.25) is 0 Å². The molecule has 1 N–H and O–H groups in total. The summed E-state index contributed by atoms with van der Waals surface area (Å²) in [5.74, 6) is 1.82. The number of fused-ring (bicyclic) bond motifs is 2. The van der Waals surface area contributed by atoms with Gasteiger partial charge in [-0.05, 0) is 68.1 Å². The summed E-state index contributed by atoms with van der Waals surface area (Å²) >= 11 is 1.26. The second kappa shape index (κ2) is 8.25. The number of hydrogen-bond acceptors (Lipinski definition) is 7. The number of furan rings is 1. The molecule has 4 fully saturated rings. The van der Waals surface area contributed by atoms with Gasteiger partial charge in [-0.1, -0.05) is 0 Å². The minimum absolute atomic E-state index is 0.340. The third kappa shape index (κ3) is 3.85. The predicted octanol–water partition coefficient (Wildman–Crippen LogP) is 4.94. The van der Waals surface area contributed by atoms with E-state index in [1.807, 2.05) is 12.1 Å². The van der Waals surface area contributed by atoms with Gasteiger partial charge in [0.05, 0.1) is 30.3 Å². The summed E-state index contributed by atoms with van der Waals surface area (Å²) in [4.78, 5) is 33.7. The van der Waals surface area contributed by atoms with E-state index in [9.17, 15) is 9.59 Å². The molecule has 2 atom stereocenters. The van der Waals surface area contributed by atoms with Gasteiger partial charge in [0.25, 0.3) is 5.91 Å². The van der Waals surface area contributed by atoms with E-state index in [2.05, 4.69) is 10.2 Å². The molecule has 0 spiro atoms. The van der Waals surface area contributed by atoms with Crippen molar-refractivity contribution in [2.75, 3.05) is 19.0 Å². The highest BCUT2D eigenvalue weighted by molar-refractivity contribution is 7.21. The highest BCUT2D eigenvalue weighted by Crippen LogP contribution is 2.47. The highest BCUT2D eigenvalue weighted by atomic mass is 32.1. The van der Waals surface area contributed by atoms with E-state index in [4.69, 9.17) is 14.1 Å². The van der Waals surface area contributed by atoms with Crippen molar-refractivity contribution in [1.82, 2.24) is 9.88 Å². The lowest BCUT2D eigenvalue weighted by molar-refractivity contribution is 0.0607. The topological polar surface area (TPSA) is 84.7 Å². The quantitative estimate of drug-likeness (QED) is 0.538. The van der Waals surface area contributed by atoms with E-state index in [1.165, 1.54) is 69.6 Å². The summed E-state index contributed by atoms with van der Waals surface area (Å²) in [5, 5.41) is 3.61. The molecule has 2 aliphatic carbocycles. The van der Waals surface area contributed by atoms with Gasteiger partial charge >= 0.3 is 5.97 Å². The van der Waals surface area contributed by atoms with Crippen LogP contribution in [0.5, 0.6) is 0 Å². The first kappa shape index (κ1) is 20.9. The van der Waals surface area contributed by atoms with Gasteiger partial charge in [0.2, 0.25) is 0 Å². The van der Waals surface area contributed by atoms with Crippen LogP contribution in [-0.2, 0) is 11.3 Å². The summed E-state index contributed by atoms with van der Waals surface area (Å²) in [6, 6.07) is 6.24. The number of anilines is 1. The Hall–Kier alpha value is -2.71. The molecule has 7 rings (SSSR count). The van der Waals surface area contributed by atoms with E-state index in [0.29, 0.717) is 22.2 Å². The van der Waals surface area contributed by atoms with E-state index >= 15 is 0 Å². The van der Waals surface area contributed by atoms with Gasteiger partial charge in [0.1, 0.15) is 16.0 Å². The van der Waals surface area contributed by atoms with Crippen LogP contribution >= 0.6 is 11.3 Å². The van der Waals surface area contributed by atoms with E-state index in [1.54, 1.807) is 6.07 Å². The summed E-state index contributed by atoms with van der Waals surface area (Å²) in [7, 11) is 1.34. The summed E-state index contributed by atoms with van der Waals surface area (Å²) in [6.07, 6.45) is 9.68. The smallest absolute Gasteiger partial charge is 0.350 e. The summed E-state index contributed by atoms with van der Waals surface area (Å²) in [6.45, 7) is 2.00. The molecule has 2 saturated carbocycles. The van der Waals surface area contributed by atoms with Crippen molar-refractivity contribution in [3.8, 4) is 0 Å². The molecule has 2 saturated heterocycles. The fraction of sp³-hybridized carbons (Fsp3) is 0.480. The lowest BCUT2D eigenvalue weighted by Crippen LogP contribution is -2.37. The van der Waals surface area contributed by atoms with E-state index in [0.717, 1.165) is 40.2 Å². The Morgan fingerprint density at radius 3 is 2.67 bits per heavy atom. The maximum atomic E-state index is 12.6. The van der Waals surface area contributed by atoms with Crippen LogP contribution in [0.1, 0.15) is 57.8 Å². The first-order valence-electron chi connectivity index (χ1n) is 11.7. The van der Waals surface area contributed by atoms with Crippen LogP contribution in [0, 0.1) is 17.8 Å². The molecule has 3 aromatic heterocycles. The van der Waals surface area contributed by atoms with E-state index < -0.39 is 5.97 Å².